The van der Waals surface area contributed by atoms with Gasteiger partial charge in [-0.15, -0.1) is 0 Å². The number of carbonyl (C=O) groups is 4. The lowest BCUT2D eigenvalue weighted by Gasteiger charge is -2.23. The molecular weight excluding hydrogens is 418 g/mol. The van der Waals surface area contributed by atoms with E-state index in [1.165, 1.54) is 19.2 Å². The first-order valence-electron chi connectivity index (χ1n) is 9.28. The third kappa shape index (κ3) is 6.50. The van der Waals surface area contributed by atoms with Crippen molar-refractivity contribution < 1.29 is 42.9 Å². The molecule has 4 atom stereocenters. The normalized spacial score (nSPS) is 22.3. The Balaban J connectivity index is 2.35. The van der Waals surface area contributed by atoms with E-state index in [1.807, 2.05) is 0 Å². The quantitative estimate of drug-likeness (QED) is 0.452. The maximum absolute atomic E-state index is 12.5. The van der Waals surface area contributed by atoms with E-state index < -0.39 is 54.2 Å². The Morgan fingerprint density at radius 2 is 1.71 bits per heavy atom. The molecule has 0 spiro atoms. The van der Waals surface area contributed by atoms with Gasteiger partial charge in [-0.2, -0.15) is 4.98 Å². The monoisotopic (exact) mass is 441 g/mol. The second-order valence-electron chi connectivity index (χ2n) is 6.36. The molecule has 170 valence electrons. The summed E-state index contributed by atoms with van der Waals surface area (Å²) >= 11 is 0. The van der Waals surface area contributed by atoms with Crippen molar-refractivity contribution in [3.05, 3.63) is 22.7 Å². The molecule has 1 aromatic heterocycles. The van der Waals surface area contributed by atoms with E-state index in [2.05, 4.69) is 10.3 Å². The Hall–Kier alpha value is -3.48. The van der Waals surface area contributed by atoms with Gasteiger partial charge < -0.3 is 23.7 Å². The molecule has 1 aromatic rings. The summed E-state index contributed by atoms with van der Waals surface area (Å²) in [6.45, 7) is 4.89. The number of esters is 3. The summed E-state index contributed by atoms with van der Waals surface area (Å²) in [6, 6.07) is 1.30. The number of aromatic nitrogens is 2. The van der Waals surface area contributed by atoms with Crippen LogP contribution in [0.25, 0.3) is 0 Å². The standard InChI is InChI=1S/C18H23N3O10/c1-5-27-18(26)20-13-6-7-21(17(25)19-13)16-15(30-11(4)24)14(29-10(3)23)12(31-16)8-28-9(2)22/h6-7,12,14-16H,5,8H2,1-4H3,(H,19,20,25,26)/t12-,14+,15+,16+/m0/s1. The maximum atomic E-state index is 12.5. The first-order valence-corrected chi connectivity index (χ1v) is 9.28. The Morgan fingerprint density at radius 1 is 1.06 bits per heavy atom. The number of ether oxygens (including phenoxy) is 5. The third-order valence-electron chi connectivity index (χ3n) is 3.95. The molecule has 0 saturated carbocycles. The van der Waals surface area contributed by atoms with Gasteiger partial charge in [0, 0.05) is 27.0 Å². The van der Waals surface area contributed by atoms with Crippen LogP contribution in [0, 0.1) is 0 Å². The van der Waals surface area contributed by atoms with Crippen molar-refractivity contribution in [1.29, 1.82) is 0 Å². The SMILES string of the molecule is CCOC(=O)Nc1ccn([C@@H]2O[C@@H](COC(C)=O)[C@@H](OC(C)=O)[C@H]2OC(C)=O)c(=O)n1. The minimum absolute atomic E-state index is 0.0743. The second kappa shape index (κ2) is 10.5. The molecule has 0 bridgehead atoms. The Bertz CT molecular complexity index is 899. The maximum Gasteiger partial charge on any atom is 0.412 e. The number of amides is 1. The van der Waals surface area contributed by atoms with Gasteiger partial charge in [-0.25, -0.2) is 9.59 Å². The molecule has 0 aromatic carbocycles. The highest BCUT2D eigenvalue weighted by Crippen LogP contribution is 2.33. The first kappa shape index (κ1) is 23.8. The second-order valence-corrected chi connectivity index (χ2v) is 6.36. The fourth-order valence-corrected chi connectivity index (χ4v) is 2.86. The molecule has 13 heteroatoms. The van der Waals surface area contributed by atoms with E-state index in [0.717, 1.165) is 18.4 Å². The zero-order valence-corrected chi connectivity index (χ0v) is 17.4. The van der Waals surface area contributed by atoms with Gasteiger partial charge in [0.2, 0.25) is 0 Å². The van der Waals surface area contributed by atoms with Gasteiger partial charge >= 0.3 is 29.7 Å². The highest BCUT2D eigenvalue weighted by atomic mass is 16.7. The largest absolute Gasteiger partial charge is 0.463 e. The van der Waals surface area contributed by atoms with Crippen molar-refractivity contribution in [2.45, 2.75) is 52.2 Å². The van der Waals surface area contributed by atoms with Gasteiger partial charge in [0.15, 0.2) is 18.4 Å². The minimum Gasteiger partial charge on any atom is -0.463 e. The average molecular weight is 441 g/mol. The molecule has 0 unspecified atom stereocenters. The fourth-order valence-electron chi connectivity index (χ4n) is 2.86. The van der Waals surface area contributed by atoms with E-state index in [-0.39, 0.29) is 19.0 Å². The van der Waals surface area contributed by atoms with E-state index in [1.54, 1.807) is 6.92 Å². The number of nitrogens with one attached hydrogen (secondary N) is 1. The van der Waals surface area contributed by atoms with Crippen LogP contribution in [0.2, 0.25) is 0 Å². The molecule has 1 fully saturated rings. The van der Waals surface area contributed by atoms with Crippen molar-refractivity contribution in [2.75, 3.05) is 18.5 Å². The summed E-state index contributed by atoms with van der Waals surface area (Å²) in [6.07, 6.45) is -4.20. The Labute approximate surface area is 176 Å². The molecule has 1 aliphatic rings. The number of nitrogens with zero attached hydrogens (tertiary/aromatic N) is 2. The van der Waals surface area contributed by atoms with Crippen molar-refractivity contribution in [3.8, 4) is 0 Å². The molecular formula is C18H23N3O10. The van der Waals surface area contributed by atoms with Crippen LogP contribution in [-0.4, -0.2) is 65.1 Å². The summed E-state index contributed by atoms with van der Waals surface area (Å²) in [5, 5.41) is 2.28. The van der Waals surface area contributed by atoms with Crippen LogP contribution < -0.4 is 11.0 Å². The smallest absolute Gasteiger partial charge is 0.412 e. The number of hydrogen-bond donors (Lipinski definition) is 1. The highest BCUT2D eigenvalue weighted by Gasteiger charge is 2.50. The number of carbonyl (C=O) groups excluding carboxylic acids is 4. The van der Waals surface area contributed by atoms with Crippen molar-refractivity contribution >= 4 is 29.8 Å². The predicted octanol–water partition coefficient (Wildman–Crippen LogP) is 0.136. The lowest BCUT2D eigenvalue weighted by molar-refractivity contribution is -0.166. The molecule has 0 radical (unpaired) electrons. The summed E-state index contributed by atoms with van der Waals surface area (Å²) in [4.78, 5) is 62.2. The summed E-state index contributed by atoms with van der Waals surface area (Å²) in [7, 11) is 0. The molecule has 1 amide bonds. The molecule has 1 saturated heterocycles. The lowest BCUT2D eigenvalue weighted by atomic mass is 10.1. The van der Waals surface area contributed by atoms with Gasteiger partial charge in [0.25, 0.3) is 0 Å². The molecule has 2 rings (SSSR count). The highest BCUT2D eigenvalue weighted by molar-refractivity contribution is 5.83. The van der Waals surface area contributed by atoms with Crippen LogP contribution in [-0.2, 0) is 38.1 Å². The van der Waals surface area contributed by atoms with Crippen molar-refractivity contribution in [2.24, 2.45) is 0 Å². The van der Waals surface area contributed by atoms with Crippen LogP contribution in [0.4, 0.5) is 10.6 Å². The van der Waals surface area contributed by atoms with Crippen LogP contribution in [0.1, 0.15) is 33.9 Å². The summed E-state index contributed by atoms with van der Waals surface area (Å²) < 4.78 is 26.9. The Morgan fingerprint density at radius 3 is 2.26 bits per heavy atom. The molecule has 13 nitrogen and oxygen atoms in total. The zero-order chi connectivity index (χ0) is 23.1. The number of hydrogen-bond acceptors (Lipinski definition) is 11. The number of anilines is 1. The lowest BCUT2D eigenvalue weighted by Crippen LogP contribution is -2.41. The minimum atomic E-state index is -1.24. The van der Waals surface area contributed by atoms with Crippen LogP contribution in [0.3, 0.4) is 0 Å². The van der Waals surface area contributed by atoms with Crippen molar-refractivity contribution in [3.63, 3.8) is 0 Å². The predicted molar refractivity (Wildman–Crippen MR) is 101 cm³/mol. The third-order valence-corrected chi connectivity index (χ3v) is 3.95. The van der Waals surface area contributed by atoms with E-state index >= 15 is 0 Å². The van der Waals surface area contributed by atoms with E-state index in [0.29, 0.717) is 0 Å². The van der Waals surface area contributed by atoms with E-state index in [4.69, 9.17) is 23.7 Å². The average Bonchev–Trinajstić information content (AvgIpc) is 2.96. The Kier molecular flexibility index (Phi) is 8.07. The molecule has 1 aliphatic heterocycles. The molecule has 2 heterocycles. The number of rotatable bonds is 7. The van der Waals surface area contributed by atoms with E-state index in [9.17, 15) is 24.0 Å². The zero-order valence-electron chi connectivity index (χ0n) is 17.4. The first-order chi connectivity index (χ1) is 14.6. The van der Waals surface area contributed by atoms with Crippen LogP contribution in [0.15, 0.2) is 17.1 Å². The molecule has 0 aliphatic carbocycles. The van der Waals surface area contributed by atoms with Crippen molar-refractivity contribution in [1.82, 2.24) is 9.55 Å². The molecule has 31 heavy (non-hydrogen) atoms. The van der Waals surface area contributed by atoms with Gasteiger partial charge in [-0.3, -0.25) is 24.3 Å². The fraction of sp³-hybridized carbons (Fsp3) is 0.556. The van der Waals surface area contributed by atoms with Gasteiger partial charge in [-0.1, -0.05) is 0 Å². The van der Waals surface area contributed by atoms with Gasteiger partial charge in [-0.05, 0) is 13.0 Å². The summed E-state index contributed by atoms with van der Waals surface area (Å²) in [5.74, 6) is -2.09. The van der Waals surface area contributed by atoms with Gasteiger partial charge in [0.05, 0.1) is 6.61 Å². The van der Waals surface area contributed by atoms with Gasteiger partial charge in [0.1, 0.15) is 18.5 Å². The summed E-state index contributed by atoms with van der Waals surface area (Å²) in [5.41, 5.74) is -0.855. The molecule has 1 N–H and O–H groups in total. The van der Waals surface area contributed by atoms with Crippen LogP contribution in [0.5, 0.6) is 0 Å². The topological polar surface area (TPSA) is 161 Å². The van der Waals surface area contributed by atoms with Crippen LogP contribution >= 0.6 is 0 Å².